The molecule has 0 fully saturated rings. The van der Waals surface area contributed by atoms with E-state index in [9.17, 15) is 4.79 Å². The molecule has 0 radical (unpaired) electrons. The summed E-state index contributed by atoms with van der Waals surface area (Å²) in [6.45, 7) is 7.77. The highest BCUT2D eigenvalue weighted by Crippen LogP contribution is 2.39. The van der Waals surface area contributed by atoms with E-state index in [0.717, 1.165) is 12.1 Å². The molecule has 2 aromatic heterocycles. The summed E-state index contributed by atoms with van der Waals surface area (Å²) in [6.07, 6.45) is 0.619. The first kappa shape index (κ1) is 24.2. The second-order valence-corrected chi connectivity index (χ2v) is 8.63. The molecule has 0 saturated carbocycles. The van der Waals surface area contributed by atoms with Crippen LogP contribution < -0.4 is 10.6 Å². The molecule has 3 rings (SSSR count). The summed E-state index contributed by atoms with van der Waals surface area (Å²) in [4.78, 5) is 19.2. The average molecular weight is 477 g/mol. The predicted molar refractivity (Wildman–Crippen MR) is 121 cm³/mol. The third-order valence-corrected chi connectivity index (χ3v) is 5.31. The fourth-order valence-electron chi connectivity index (χ4n) is 2.79. The van der Waals surface area contributed by atoms with Crippen LogP contribution in [0.1, 0.15) is 33.3 Å². The Morgan fingerprint density at radius 1 is 1.27 bits per heavy atom. The third kappa shape index (κ3) is 5.31. The summed E-state index contributed by atoms with van der Waals surface area (Å²) in [5.41, 5.74) is -0.477. The Labute approximate surface area is 194 Å². The van der Waals surface area contributed by atoms with Gasteiger partial charge in [-0.25, -0.2) is 13.6 Å². The molecular weight excluding hydrogens is 454 g/mol. The minimum atomic E-state index is -0.888. The highest BCUT2D eigenvalue weighted by atomic mass is 35.5. The summed E-state index contributed by atoms with van der Waals surface area (Å²) in [7, 11) is 1.40. The first-order chi connectivity index (χ1) is 15.5. The molecule has 0 saturated heterocycles. The largest absolute Gasteiger partial charge is 0.436 e. The van der Waals surface area contributed by atoms with Crippen molar-refractivity contribution in [3.8, 4) is 23.0 Å². The van der Waals surface area contributed by atoms with Crippen LogP contribution in [-0.2, 0) is 4.74 Å². The van der Waals surface area contributed by atoms with E-state index in [4.69, 9.17) is 16.3 Å². The van der Waals surface area contributed by atoms with Crippen molar-refractivity contribution in [3.05, 3.63) is 40.8 Å². The second kappa shape index (κ2) is 9.58. The molecule has 1 atom stereocenters. The van der Waals surface area contributed by atoms with Gasteiger partial charge in [-0.05, 0) is 24.5 Å². The van der Waals surface area contributed by atoms with Gasteiger partial charge in [0.2, 0.25) is 0 Å². The van der Waals surface area contributed by atoms with Crippen LogP contribution >= 0.6 is 11.6 Å². The SMILES string of the molecule is CNC(=O)OCC#Cc1cc(F)c(-c2c(Cl)nc3ncnn3c2NC(C)C(C)(C)C)c(F)c1. The highest BCUT2D eigenvalue weighted by Gasteiger charge is 2.27. The number of hydrogen-bond acceptors (Lipinski definition) is 6. The molecule has 11 heteroatoms. The van der Waals surface area contributed by atoms with E-state index in [0.29, 0.717) is 0 Å². The van der Waals surface area contributed by atoms with Crippen molar-refractivity contribution < 1.29 is 18.3 Å². The van der Waals surface area contributed by atoms with Gasteiger partial charge < -0.3 is 15.4 Å². The minimum Gasteiger partial charge on any atom is -0.436 e. The molecule has 2 heterocycles. The van der Waals surface area contributed by atoms with Gasteiger partial charge in [0.05, 0.1) is 11.1 Å². The number of benzene rings is 1. The number of rotatable bonds is 4. The number of amides is 1. The molecule has 0 aliphatic heterocycles. The van der Waals surface area contributed by atoms with Gasteiger partial charge >= 0.3 is 6.09 Å². The number of anilines is 1. The number of hydrogen-bond donors (Lipinski definition) is 2. The van der Waals surface area contributed by atoms with Gasteiger partial charge in [0.15, 0.2) is 6.61 Å². The third-order valence-electron chi connectivity index (χ3n) is 5.04. The van der Waals surface area contributed by atoms with Crippen molar-refractivity contribution >= 4 is 29.3 Å². The van der Waals surface area contributed by atoms with Crippen LogP contribution in [0.15, 0.2) is 18.5 Å². The summed E-state index contributed by atoms with van der Waals surface area (Å²) in [5, 5.41) is 9.54. The van der Waals surface area contributed by atoms with E-state index in [1.165, 1.54) is 17.9 Å². The molecule has 2 N–H and O–H groups in total. The number of nitrogens with zero attached hydrogens (tertiary/aromatic N) is 4. The van der Waals surface area contributed by atoms with Crippen molar-refractivity contribution in [1.29, 1.82) is 0 Å². The van der Waals surface area contributed by atoms with Gasteiger partial charge in [-0.15, -0.1) is 0 Å². The zero-order chi connectivity index (χ0) is 24.3. The van der Waals surface area contributed by atoms with Gasteiger partial charge in [0, 0.05) is 18.7 Å². The van der Waals surface area contributed by atoms with Crippen LogP contribution in [0.25, 0.3) is 16.9 Å². The van der Waals surface area contributed by atoms with E-state index in [-0.39, 0.29) is 51.5 Å². The number of alkyl carbamates (subject to hydrolysis) is 1. The van der Waals surface area contributed by atoms with Gasteiger partial charge in [-0.3, -0.25) is 0 Å². The fourth-order valence-corrected chi connectivity index (χ4v) is 3.05. The van der Waals surface area contributed by atoms with Crippen LogP contribution in [0, 0.1) is 28.9 Å². The first-order valence-electron chi connectivity index (χ1n) is 10.0. The van der Waals surface area contributed by atoms with Crippen molar-refractivity contribution in [2.75, 3.05) is 19.0 Å². The summed E-state index contributed by atoms with van der Waals surface area (Å²) >= 11 is 6.38. The Bertz CT molecular complexity index is 1240. The number of carbonyl (C=O) groups excluding carboxylic acids is 1. The molecule has 3 aromatic rings. The molecule has 0 bridgehead atoms. The van der Waals surface area contributed by atoms with Crippen molar-refractivity contribution in [2.24, 2.45) is 5.41 Å². The number of aromatic nitrogens is 4. The maximum atomic E-state index is 15.2. The summed E-state index contributed by atoms with van der Waals surface area (Å²) < 4.78 is 36.5. The van der Waals surface area contributed by atoms with E-state index in [2.05, 4.69) is 37.5 Å². The fraction of sp³-hybridized carbons (Fsp3) is 0.364. The van der Waals surface area contributed by atoms with Crippen molar-refractivity contribution in [3.63, 3.8) is 0 Å². The van der Waals surface area contributed by atoms with E-state index in [1.54, 1.807) is 0 Å². The zero-order valence-corrected chi connectivity index (χ0v) is 19.5. The Balaban J connectivity index is 2.09. The van der Waals surface area contributed by atoms with Crippen LogP contribution in [0.4, 0.5) is 19.4 Å². The van der Waals surface area contributed by atoms with Gasteiger partial charge in [-0.1, -0.05) is 44.2 Å². The Morgan fingerprint density at radius 2 is 1.94 bits per heavy atom. The molecule has 8 nitrogen and oxygen atoms in total. The molecule has 0 aliphatic rings. The van der Waals surface area contributed by atoms with E-state index >= 15 is 8.78 Å². The number of halogens is 3. The lowest BCUT2D eigenvalue weighted by Gasteiger charge is -2.30. The molecule has 1 amide bonds. The van der Waals surface area contributed by atoms with E-state index in [1.807, 2.05) is 27.7 Å². The number of ether oxygens (including phenoxy) is 1. The molecule has 174 valence electrons. The van der Waals surface area contributed by atoms with Crippen LogP contribution in [0.2, 0.25) is 5.15 Å². The van der Waals surface area contributed by atoms with Crippen molar-refractivity contribution in [2.45, 2.75) is 33.7 Å². The lowest BCUT2D eigenvalue weighted by atomic mass is 9.88. The van der Waals surface area contributed by atoms with Gasteiger partial charge in [0.1, 0.15) is 28.9 Å². The minimum absolute atomic E-state index is 0.0169. The second-order valence-electron chi connectivity index (χ2n) is 8.27. The number of carbonyl (C=O) groups is 1. The number of fused-ring (bicyclic) bond motifs is 1. The number of nitrogens with one attached hydrogen (secondary N) is 2. The van der Waals surface area contributed by atoms with Gasteiger partial charge in [0.25, 0.3) is 5.78 Å². The molecule has 33 heavy (non-hydrogen) atoms. The summed E-state index contributed by atoms with van der Waals surface area (Å²) in [5.74, 6) is 3.77. The maximum Gasteiger partial charge on any atom is 0.407 e. The average Bonchev–Trinajstić information content (AvgIpc) is 3.19. The highest BCUT2D eigenvalue weighted by molar-refractivity contribution is 6.33. The molecule has 0 spiro atoms. The topological polar surface area (TPSA) is 93.4 Å². The lowest BCUT2D eigenvalue weighted by molar-refractivity contribution is 0.162. The Morgan fingerprint density at radius 3 is 2.55 bits per heavy atom. The smallest absolute Gasteiger partial charge is 0.407 e. The van der Waals surface area contributed by atoms with Gasteiger partial charge in [-0.2, -0.15) is 19.6 Å². The Kier molecular flexibility index (Phi) is 7.03. The standard InChI is InChI=1S/C22H23ClF2N6O2/c1-12(22(2,3)4)29-19-17(18(23)30-20-27-11-28-31(19)20)16-14(24)9-13(10-15(16)25)7-6-8-33-21(32)26-5/h9-12,29H,8H2,1-5H3,(H,26,32). The maximum absolute atomic E-state index is 15.2. The molecule has 1 unspecified atom stereocenters. The van der Waals surface area contributed by atoms with Crippen LogP contribution in [-0.4, -0.2) is 45.4 Å². The first-order valence-corrected chi connectivity index (χ1v) is 10.4. The molecule has 1 aromatic carbocycles. The zero-order valence-electron chi connectivity index (χ0n) is 18.8. The quantitative estimate of drug-likeness (QED) is 0.431. The van der Waals surface area contributed by atoms with E-state index < -0.39 is 17.7 Å². The normalized spacial score (nSPS) is 12.1. The summed E-state index contributed by atoms with van der Waals surface area (Å²) in [6, 6.07) is 2.02. The molecule has 0 aliphatic carbocycles. The van der Waals surface area contributed by atoms with Crippen LogP contribution in [0.3, 0.4) is 0 Å². The Hall–Kier alpha value is -3.45. The molecular formula is C22H23ClF2N6O2. The van der Waals surface area contributed by atoms with Crippen LogP contribution in [0.5, 0.6) is 0 Å². The predicted octanol–water partition coefficient (Wildman–Crippen LogP) is 4.28. The lowest BCUT2D eigenvalue weighted by Crippen LogP contribution is -2.32. The monoisotopic (exact) mass is 476 g/mol. The van der Waals surface area contributed by atoms with Crippen molar-refractivity contribution in [1.82, 2.24) is 24.9 Å².